The number of nitrogen functional groups attached to an aromatic ring is 1. The minimum Gasteiger partial charge on any atom is -0.444 e. The smallest absolute Gasteiger partial charge is 0.410 e. The van der Waals surface area contributed by atoms with E-state index in [0.29, 0.717) is 28.9 Å². The first-order valence-corrected chi connectivity index (χ1v) is 14.2. The topological polar surface area (TPSA) is 105 Å². The van der Waals surface area contributed by atoms with Gasteiger partial charge in [0.2, 0.25) is 0 Å². The summed E-state index contributed by atoms with van der Waals surface area (Å²) < 4.78 is 36.6. The van der Waals surface area contributed by atoms with Gasteiger partial charge in [-0.1, -0.05) is 22.9 Å². The van der Waals surface area contributed by atoms with Crippen LogP contribution in [-0.2, 0) is 9.53 Å². The molecule has 2 aromatic carbocycles. The second-order valence-corrected chi connectivity index (χ2v) is 12.7. The van der Waals surface area contributed by atoms with Crippen molar-refractivity contribution in [1.29, 1.82) is 0 Å². The highest BCUT2D eigenvalue weighted by Crippen LogP contribution is 2.47. The molecular weight excluding hydrogens is 574 g/mol. The highest BCUT2D eigenvalue weighted by Gasteiger charge is 2.45. The number of rotatable bonds is 1. The molecule has 1 saturated heterocycles. The molecule has 214 valence electrons. The van der Waals surface area contributed by atoms with E-state index < -0.39 is 29.4 Å². The van der Waals surface area contributed by atoms with Crippen molar-refractivity contribution in [1.82, 2.24) is 14.9 Å². The predicted molar refractivity (Wildman–Crippen MR) is 157 cm³/mol. The monoisotopic (exact) mass is 600 g/mol. The third-order valence-corrected chi connectivity index (χ3v) is 8.61. The van der Waals surface area contributed by atoms with E-state index in [4.69, 9.17) is 22.1 Å². The molecular formula is C28H27ClF2N6O3S. The lowest BCUT2D eigenvalue weighted by atomic mass is 9.96. The molecule has 6 rings (SSSR count). The molecule has 4 aromatic rings. The summed E-state index contributed by atoms with van der Waals surface area (Å²) in [4.78, 5) is 40.0. The zero-order valence-electron chi connectivity index (χ0n) is 23.0. The summed E-state index contributed by atoms with van der Waals surface area (Å²) >= 11 is 7.71. The van der Waals surface area contributed by atoms with Gasteiger partial charge >= 0.3 is 6.09 Å². The molecule has 0 radical (unpaired) electrons. The van der Waals surface area contributed by atoms with Gasteiger partial charge in [0.25, 0.3) is 5.91 Å². The Morgan fingerprint density at radius 3 is 2.66 bits per heavy atom. The summed E-state index contributed by atoms with van der Waals surface area (Å²) in [6, 6.07) is 3.23. The quantitative estimate of drug-likeness (QED) is 0.294. The Labute approximate surface area is 243 Å². The number of piperazine rings is 1. The molecule has 2 atom stereocenters. The van der Waals surface area contributed by atoms with E-state index in [9.17, 15) is 14.0 Å². The molecule has 0 aliphatic carbocycles. The summed E-state index contributed by atoms with van der Waals surface area (Å²) in [7, 11) is 1.62. The fourth-order valence-electron chi connectivity index (χ4n) is 5.58. The molecule has 2 aliphatic rings. The van der Waals surface area contributed by atoms with E-state index in [0.717, 1.165) is 11.3 Å². The number of benzene rings is 2. The van der Waals surface area contributed by atoms with Gasteiger partial charge in [-0.15, -0.1) is 0 Å². The molecule has 13 heteroatoms. The highest BCUT2D eigenvalue weighted by molar-refractivity contribution is 7.22. The number of amides is 2. The number of carbonyl (C=O) groups is 2. The third kappa shape index (κ3) is 4.31. The van der Waals surface area contributed by atoms with E-state index in [1.165, 1.54) is 23.2 Å². The molecule has 41 heavy (non-hydrogen) atoms. The van der Waals surface area contributed by atoms with Crippen LogP contribution in [0.15, 0.2) is 24.4 Å². The van der Waals surface area contributed by atoms with Crippen molar-refractivity contribution < 1.29 is 23.1 Å². The Balaban J connectivity index is 1.50. The molecule has 2 aliphatic heterocycles. The van der Waals surface area contributed by atoms with Crippen molar-refractivity contribution in [3.05, 3.63) is 41.1 Å². The maximum atomic E-state index is 16.4. The fraction of sp³-hybridized carbons (Fsp3) is 0.357. The van der Waals surface area contributed by atoms with Crippen molar-refractivity contribution in [3.8, 4) is 11.1 Å². The van der Waals surface area contributed by atoms with Gasteiger partial charge in [0.1, 0.15) is 23.0 Å². The van der Waals surface area contributed by atoms with Gasteiger partial charge in [-0.3, -0.25) is 9.78 Å². The average molecular weight is 601 g/mol. The van der Waals surface area contributed by atoms with Crippen LogP contribution >= 0.6 is 22.9 Å². The fourth-order valence-corrected chi connectivity index (χ4v) is 6.64. The number of carbonyl (C=O) groups excluding carboxylic acids is 2. The van der Waals surface area contributed by atoms with Crippen LogP contribution in [0.1, 0.15) is 27.7 Å². The van der Waals surface area contributed by atoms with E-state index in [-0.39, 0.29) is 49.9 Å². The summed E-state index contributed by atoms with van der Waals surface area (Å²) in [5, 5.41) is 0.627. The largest absolute Gasteiger partial charge is 0.444 e. The summed E-state index contributed by atoms with van der Waals surface area (Å²) in [5.74, 6) is -1.44. The summed E-state index contributed by atoms with van der Waals surface area (Å²) in [5.41, 5.74) is 6.80. The van der Waals surface area contributed by atoms with E-state index in [1.807, 2.05) is 11.8 Å². The van der Waals surface area contributed by atoms with Crippen molar-refractivity contribution in [2.75, 3.05) is 35.7 Å². The number of pyridine rings is 1. The molecule has 0 spiro atoms. The Hall–Kier alpha value is -3.77. The lowest BCUT2D eigenvalue weighted by Crippen LogP contribution is -2.66. The number of hydrogen-bond donors (Lipinski definition) is 1. The summed E-state index contributed by atoms with van der Waals surface area (Å²) in [6.07, 6.45) is 0.955. The molecule has 0 saturated carbocycles. The standard InChI is InChI=1S/C28H27ClF2N6O3S/c1-12-10-37-18(11-36(12)27(39)40-28(2,3)4)25(38)35(5)17-9-33-21-14(23(17)37)8-15(29)19(20(21)31)13-6-7-16(30)24-22(13)34-26(32)41-24/h6-9,12,18H,10-11H2,1-5H3,(H2,32,34)/t12-,18-/m1/s1. The number of likely N-dealkylation sites (N-methyl/N-ethyl adjacent to an activating group) is 1. The van der Waals surface area contributed by atoms with Crippen LogP contribution in [0.3, 0.4) is 0 Å². The van der Waals surface area contributed by atoms with Crippen LogP contribution in [-0.4, -0.2) is 64.7 Å². The van der Waals surface area contributed by atoms with Crippen LogP contribution in [0.4, 0.5) is 30.1 Å². The first kappa shape index (κ1) is 27.4. The molecule has 2 aromatic heterocycles. The number of ether oxygens (including phenoxy) is 1. The van der Waals surface area contributed by atoms with Crippen LogP contribution in [0.5, 0.6) is 0 Å². The van der Waals surface area contributed by atoms with E-state index in [1.54, 1.807) is 38.8 Å². The summed E-state index contributed by atoms with van der Waals surface area (Å²) in [6.45, 7) is 7.62. The minimum atomic E-state index is -0.724. The van der Waals surface area contributed by atoms with Crippen LogP contribution in [0.2, 0.25) is 5.02 Å². The molecule has 0 bridgehead atoms. The Morgan fingerprint density at radius 2 is 1.95 bits per heavy atom. The Morgan fingerprint density at radius 1 is 1.22 bits per heavy atom. The van der Waals surface area contributed by atoms with Gasteiger partial charge in [0.15, 0.2) is 10.9 Å². The van der Waals surface area contributed by atoms with Crippen molar-refractivity contribution in [3.63, 3.8) is 0 Å². The number of thiazole rings is 1. The number of fused-ring (bicyclic) bond motifs is 6. The molecule has 1 fully saturated rings. The SMILES string of the molecule is C[C@@H]1CN2c3c(cnc4c(F)c(-c5ccc(F)c6sc(N)nc56)c(Cl)cc34)N(C)C(=O)[C@H]2CN1C(=O)OC(C)(C)C. The first-order valence-electron chi connectivity index (χ1n) is 13.0. The maximum absolute atomic E-state index is 16.4. The van der Waals surface area contributed by atoms with Gasteiger partial charge in [0, 0.05) is 36.1 Å². The number of aromatic nitrogens is 2. The number of nitrogens with two attached hydrogens (primary N) is 1. The van der Waals surface area contributed by atoms with Crippen molar-refractivity contribution in [2.45, 2.75) is 45.4 Å². The van der Waals surface area contributed by atoms with Gasteiger partial charge in [-0.2, -0.15) is 0 Å². The zero-order valence-corrected chi connectivity index (χ0v) is 24.5. The third-order valence-electron chi connectivity index (χ3n) is 7.42. The van der Waals surface area contributed by atoms with Crippen LogP contribution < -0.4 is 15.5 Å². The molecule has 4 heterocycles. The molecule has 2 amide bonds. The average Bonchev–Trinajstić information content (AvgIpc) is 3.29. The van der Waals surface area contributed by atoms with Crippen LogP contribution in [0, 0.1) is 11.6 Å². The van der Waals surface area contributed by atoms with Gasteiger partial charge in [-0.05, 0) is 45.9 Å². The Bertz CT molecular complexity index is 1770. The van der Waals surface area contributed by atoms with Crippen molar-refractivity contribution in [2.24, 2.45) is 0 Å². The second-order valence-electron chi connectivity index (χ2n) is 11.3. The zero-order chi connectivity index (χ0) is 29.5. The number of anilines is 3. The maximum Gasteiger partial charge on any atom is 0.410 e. The number of hydrogen-bond acceptors (Lipinski definition) is 8. The van der Waals surface area contributed by atoms with Crippen molar-refractivity contribution >= 4 is 72.6 Å². The molecule has 9 nitrogen and oxygen atoms in total. The normalized spacial score (nSPS) is 19.1. The highest BCUT2D eigenvalue weighted by atomic mass is 35.5. The minimum absolute atomic E-state index is 0.0295. The first-order chi connectivity index (χ1) is 19.3. The van der Waals surface area contributed by atoms with Gasteiger partial charge < -0.3 is 25.2 Å². The van der Waals surface area contributed by atoms with E-state index >= 15 is 4.39 Å². The number of halogens is 3. The lowest BCUT2D eigenvalue weighted by Gasteiger charge is -2.49. The lowest BCUT2D eigenvalue weighted by molar-refractivity contribution is -0.121. The van der Waals surface area contributed by atoms with E-state index in [2.05, 4.69) is 9.97 Å². The Kier molecular flexibility index (Phi) is 6.27. The molecule has 0 unspecified atom stereocenters. The number of nitrogens with zero attached hydrogens (tertiary/aromatic N) is 5. The second kappa shape index (κ2) is 9.38. The molecule has 2 N–H and O–H groups in total. The predicted octanol–water partition coefficient (Wildman–Crippen LogP) is 5.82. The van der Waals surface area contributed by atoms with Gasteiger partial charge in [0.05, 0.1) is 39.4 Å². The van der Waals surface area contributed by atoms with Crippen LogP contribution in [0.25, 0.3) is 32.2 Å². The van der Waals surface area contributed by atoms with Gasteiger partial charge in [-0.25, -0.2) is 18.6 Å².